The normalized spacial score (nSPS) is 15.5. The molecule has 2 N–H and O–H groups in total. The molecule has 188 valence electrons. The third-order valence-electron chi connectivity index (χ3n) is 5.48. The highest BCUT2D eigenvalue weighted by molar-refractivity contribution is 6.30. The van der Waals surface area contributed by atoms with Gasteiger partial charge in [-0.1, -0.05) is 66.2 Å². The Kier molecular flexibility index (Phi) is 9.47. The van der Waals surface area contributed by atoms with Crippen LogP contribution in [-0.4, -0.2) is 37.6 Å². The fraction of sp³-hybridized carbons (Fsp3) is 0.250. The Hall–Kier alpha value is -3.84. The molecule has 1 heterocycles. The second kappa shape index (κ2) is 12.7. The summed E-state index contributed by atoms with van der Waals surface area (Å²) in [6.07, 6.45) is 3.76. The molecule has 0 aromatic heterocycles. The van der Waals surface area contributed by atoms with Gasteiger partial charge < -0.3 is 20.1 Å². The lowest BCUT2D eigenvalue weighted by atomic mass is 9.80. The first-order valence-electron chi connectivity index (χ1n) is 11.6. The largest absolute Gasteiger partial charge is 0.463 e. The van der Waals surface area contributed by atoms with E-state index < -0.39 is 17.9 Å². The van der Waals surface area contributed by atoms with Crippen molar-refractivity contribution >= 4 is 35.5 Å². The number of benzene rings is 2. The molecule has 0 bridgehead atoms. The smallest absolute Gasteiger partial charge is 0.336 e. The van der Waals surface area contributed by atoms with Crippen LogP contribution in [0.1, 0.15) is 37.8 Å². The molecule has 0 fully saturated rings. The molecule has 0 spiro atoms. The number of carbonyl (C=O) groups is 3. The number of hydrogen-bond acceptors (Lipinski definition) is 6. The van der Waals surface area contributed by atoms with Crippen LogP contribution in [0.3, 0.4) is 0 Å². The van der Waals surface area contributed by atoms with Gasteiger partial charge in [-0.15, -0.1) is 0 Å². The Bertz CT molecular complexity index is 1220. The van der Waals surface area contributed by atoms with Crippen LogP contribution in [0.25, 0.3) is 6.08 Å². The number of rotatable bonds is 9. The lowest BCUT2D eigenvalue weighted by Gasteiger charge is -2.31. The quantitative estimate of drug-likeness (QED) is 0.484. The van der Waals surface area contributed by atoms with Gasteiger partial charge in [0.05, 0.1) is 23.8 Å². The van der Waals surface area contributed by atoms with E-state index in [0.717, 1.165) is 5.56 Å². The summed E-state index contributed by atoms with van der Waals surface area (Å²) in [7, 11) is 0. The van der Waals surface area contributed by atoms with Crippen LogP contribution >= 0.6 is 11.6 Å². The highest BCUT2D eigenvalue weighted by Gasteiger charge is 2.38. The van der Waals surface area contributed by atoms with E-state index in [1.165, 1.54) is 6.92 Å². The van der Waals surface area contributed by atoms with Gasteiger partial charge in [0.2, 0.25) is 5.91 Å². The van der Waals surface area contributed by atoms with Crippen molar-refractivity contribution < 1.29 is 23.9 Å². The maximum Gasteiger partial charge on any atom is 0.336 e. The molecule has 0 saturated heterocycles. The number of allylic oxidation sites excluding steroid dienone is 1. The van der Waals surface area contributed by atoms with Gasteiger partial charge in [0.15, 0.2) is 0 Å². The van der Waals surface area contributed by atoms with Gasteiger partial charge in [0.1, 0.15) is 6.61 Å². The minimum absolute atomic E-state index is 0.139. The lowest BCUT2D eigenvalue weighted by molar-refractivity contribution is -0.141. The second-order valence-electron chi connectivity index (χ2n) is 8.07. The average molecular weight is 509 g/mol. The molecule has 1 amide bonds. The summed E-state index contributed by atoms with van der Waals surface area (Å²) >= 11 is 6.27. The number of hydrogen-bond donors (Lipinski definition) is 2. The Morgan fingerprint density at radius 3 is 2.47 bits per heavy atom. The summed E-state index contributed by atoms with van der Waals surface area (Å²) in [5, 5.41) is 6.46. The second-order valence-corrected chi connectivity index (χ2v) is 8.50. The molecular formula is C28H29ClN2O5. The topological polar surface area (TPSA) is 93.7 Å². The molecule has 36 heavy (non-hydrogen) atoms. The number of halogens is 1. The molecule has 3 rings (SSSR count). The fourth-order valence-electron chi connectivity index (χ4n) is 3.96. The monoisotopic (exact) mass is 508 g/mol. The van der Waals surface area contributed by atoms with Crippen molar-refractivity contribution in [1.29, 1.82) is 0 Å². The standard InChI is InChI=1S/C28H29ClN2O5/c1-4-35-28(34)26-23(17-36-19(3)32)31-18(2)24(25(26)21-13-8-14-22(29)16-21)27(33)30-15-9-12-20-10-6-5-7-11-20/h5-14,16,25,31H,4,15,17H2,1-3H3,(H,30,33)/b12-9+. The molecule has 0 radical (unpaired) electrons. The van der Waals surface area contributed by atoms with E-state index in [2.05, 4.69) is 10.6 Å². The minimum atomic E-state index is -0.785. The number of carbonyl (C=O) groups excluding carboxylic acids is 3. The van der Waals surface area contributed by atoms with E-state index >= 15 is 0 Å². The van der Waals surface area contributed by atoms with Crippen molar-refractivity contribution in [3.8, 4) is 0 Å². The zero-order valence-electron chi connectivity index (χ0n) is 20.5. The van der Waals surface area contributed by atoms with E-state index in [4.69, 9.17) is 21.1 Å². The van der Waals surface area contributed by atoms with Gasteiger partial charge in [0.25, 0.3) is 0 Å². The summed E-state index contributed by atoms with van der Waals surface area (Å²) < 4.78 is 10.5. The lowest BCUT2D eigenvalue weighted by Crippen LogP contribution is -2.38. The predicted octanol–water partition coefficient (Wildman–Crippen LogP) is 4.51. The molecular weight excluding hydrogens is 480 g/mol. The molecule has 7 nitrogen and oxygen atoms in total. The van der Waals surface area contributed by atoms with Crippen LogP contribution in [0.4, 0.5) is 0 Å². The van der Waals surface area contributed by atoms with Crippen molar-refractivity contribution in [2.24, 2.45) is 0 Å². The number of amides is 1. The first-order chi connectivity index (χ1) is 17.3. The molecule has 1 atom stereocenters. The third-order valence-corrected chi connectivity index (χ3v) is 5.71. The Morgan fingerprint density at radius 1 is 1.06 bits per heavy atom. The summed E-state index contributed by atoms with van der Waals surface area (Å²) in [5.41, 5.74) is 3.07. The van der Waals surface area contributed by atoms with Gasteiger partial charge in [-0.2, -0.15) is 0 Å². The number of dihydropyridines is 1. The SMILES string of the molecule is CCOC(=O)C1=C(COC(C)=O)NC(C)=C(C(=O)NC/C=C/c2ccccc2)C1c1cccc(Cl)c1. The van der Waals surface area contributed by atoms with Crippen molar-refractivity contribution in [2.45, 2.75) is 26.7 Å². The number of ether oxygens (including phenoxy) is 2. The summed E-state index contributed by atoms with van der Waals surface area (Å²) in [5.74, 6) is -2.25. The molecule has 8 heteroatoms. The number of esters is 2. The molecule has 2 aromatic rings. The van der Waals surface area contributed by atoms with E-state index in [1.54, 1.807) is 38.1 Å². The van der Waals surface area contributed by atoms with Gasteiger partial charge in [-0.05, 0) is 37.1 Å². The van der Waals surface area contributed by atoms with Gasteiger partial charge in [-0.3, -0.25) is 9.59 Å². The highest BCUT2D eigenvalue weighted by atomic mass is 35.5. The van der Waals surface area contributed by atoms with E-state index in [9.17, 15) is 14.4 Å². The van der Waals surface area contributed by atoms with Crippen molar-refractivity contribution in [3.63, 3.8) is 0 Å². The highest BCUT2D eigenvalue weighted by Crippen LogP contribution is 2.39. The third kappa shape index (κ3) is 6.86. The van der Waals surface area contributed by atoms with E-state index in [-0.39, 0.29) is 31.2 Å². The minimum Gasteiger partial charge on any atom is -0.463 e. The number of nitrogens with one attached hydrogen (secondary N) is 2. The fourth-order valence-corrected chi connectivity index (χ4v) is 4.16. The Morgan fingerprint density at radius 2 is 1.81 bits per heavy atom. The first-order valence-corrected chi connectivity index (χ1v) is 12.0. The molecule has 1 aliphatic rings. The maximum atomic E-state index is 13.5. The van der Waals surface area contributed by atoms with Crippen LogP contribution < -0.4 is 10.6 Å². The Balaban J connectivity index is 1.98. The first kappa shape index (κ1) is 26.8. The van der Waals surface area contributed by atoms with Gasteiger partial charge in [0, 0.05) is 29.8 Å². The van der Waals surface area contributed by atoms with Crippen LogP contribution in [-0.2, 0) is 23.9 Å². The van der Waals surface area contributed by atoms with Crippen LogP contribution in [0.2, 0.25) is 5.02 Å². The average Bonchev–Trinajstić information content (AvgIpc) is 2.85. The molecule has 1 aliphatic heterocycles. The predicted molar refractivity (Wildman–Crippen MR) is 139 cm³/mol. The zero-order valence-corrected chi connectivity index (χ0v) is 21.2. The van der Waals surface area contributed by atoms with E-state index in [0.29, 0.717) is 27.6 Å². The van der Waals surface area contributed by atoms with Crippen LogP contribution in [0, 0.1) is 0 Å². The van der Waals surface area contributed by atoms with Crippen molar-refractivity contribution in [2.75, 3.05) is 19.8 Å². The Labute approximate surface area is 215 Å². The molecule has 2 aromatic carbocycles. The summed E-state index contributed by atoms with van der Waals surface area (Å²) in [6.45, 7) is 4.97. The molecule has 0 aliphatic carbocycles. The van der Waals surface area contributed by atoms with Gasteiger partial charge in [-0.25, -0.2) is 4.79 Å². The van der Waals surface area contributed by atoms with E-state index in [1.807, 2.05) is 42.5 Å². The van der Waals surface area contributed by atoms with Gasteiger partial charge >= 0.3 is 11.9 Å². The molecule has 0 saturated carbocycles. The summed E-state index contributed by atoms with van der Waals surface area (Å²) in [6, 6.07) is 16.7. The van der Waals surface area contributed by atoms with Crippen molar-refractivity contribution in [3.05, 3.63) is 99.4 Å². The summed E-state index contributed by atoms with van der Waals surface area (Å²) in [4.78, 5) is 38.1. The van der Waals surface area contributed by atoms with Crippen LogP contribution in [0.15, 0.2) is 83.2 Å². The maximum absolute atomic E-state index is 13.5. The van der Waals surface area contributed by atoms with Crippen molar-refractivity contribution in [1.82, 2.24) is 10.6 Å². The zero-order chi connectivity index (χ0) is 26.1. The van der Waals surface area contributed by atoms with Crippen LogP contribution in [0.5, 0.6) is 0 Å². The molecule has 1 unspecified atom stereocenters.